The first-order valence-electron chi connectivity index (χ1n) is 6.12. The smallest absolute Gasteiger partial charge is 0.194 e. The predicted molar refractivity (Wildman–Crippen MR) is 68.9 cm³/mol. The van der Waals surface area contributed by atoms with Crippen molar-refractivity contribution in [3.63, 3.8) is 0 Å². The summed E-state index contributed by atoms with van der Waals surface area (Å²) < 4.78 is 35.4. The molecule has 0 saturated heterocycles. The summed E-state index contributed by atoms with van der Waals surface area (Å²) in [6, 6.07) is 6.31. The zero-order valence-electron chi connectivity index (χ0n) is 10.6. The van der Waals surface area contributed by atoms with E-state index in [1.165, 1.54) is 12.1 Å². The van der Waals surface area contributed by atoms with Gasteiger partial charge in [-0.2, -0.15) is 5.26 Å². The second kappa shape index (κ2) is 5.49. The number of ether oxygens (including phenoxy) is 2. The molecule has 0 bridgehead atoms. The Morgan fingerprint density at radius 3 is 2.63 bits per heavy atom. The van der Waals surface area contributed by atoms with Gasteiger partial charge in [0.15, 0.2) is 26.6 Å². The van der Waals surface area contributed by atoms with Crippen molar-refractivity contribution >= 4 is 9.84 Å². The van der Waals surface area contributed by atoms with Gasteiger partial charge >= 0.3 is 0 Å². The van der Waals surface area contributed by atoms with E-state index >= 15 is 0 Å². The van der Waals surface area contributed by atoms with Gasteiger partial charge in [0.25, 0.3) is 0 Å². The van der Waals surface area contributed by atoms with E-state index in [1.54, 1.807) is 13.0 Å². The van der Waals surface area contributed by atoms with Crippen molar-refractivity contribution in [2.24, 2.45) is 0 Å². The molecule has 0 spiro atoms. The van der Waals surface area contributed by atoms with Crippen LogP contribution >= 0.6 is 0 Å². The van der Waals surface area contributed by atoms with Crippen molar-refractivity contribution in [2.75, 3.05) is 13.2 Å². The molecule has 0 fully saturated rings. The maximum absolute atomic E-state index is 12.2. The van der Waals surface area contributed by atoms with Crippen LogP contribution in [0.15, 0.2) is 23.1 Å². The van der Waals surface area contributed by atoms with Crippen LogP contribution in [-0.2, 0) is 9.84 Å². The molecular weight excluding hydrogens is 266 g/mol. The molecule has 0 amide bonds. The van der Waals surface area contributed by atoms with Crippen molar-refractivity contribution in [2.45, 2.75) is 29.9 Å². The summed E-state index contributed by atoms with van der Waals surface area (Å²) in [7, 11) is -3.64. The summed E-state index contributed by atoms with van der Waals surface area (Å²) in [6.07, 6.45) is 1.01. The minimum absolute atomic E-state index is 0.102. The van der Waals surface area contributed by atoms with Crippen LogP contribution in [0.2, 0.25) is 0 Å². The van der Waals surface area contributed by atoms with Gasteiger partial charge in [0.2, 0.25) is 0 Å². The Labute approximate surface area is 112 Å². The minimum atomic E-state index is -3.64. The zero-order chi connectivity index (χ0) is 13.9. The highest BCUT2D eigenvalue weighted by molar-refractivity contribution is 7.92. The molecule has 2 rings (SSSR count). The third kappa shape index (κ3) is 2.66. The van der Waals surface area contributed by atoms with E-state index in [0.29, 0.717) is 24.7 Å². The van der Waals surface area contributed by atoms with Crippen molar-refractivity contribution in [3.05, 3.63) is 18.2 Å². The summed E-state index contributed by atoms with van der Waals surface area (Å²) in [5.41, 5.74) is 0. The van der Waals surface area contributed by atoms with Crippen LogP contribution in [0.5, 0.6) is 11.5 Å². The monoisotopic (exact) mass is 281 g/mol. The van der Waals surface area contributed by atoms with Crippen molar-refractivity contribution in [1.82, 2.24) is 0 Å². The van der Waals surface area contributed by atoms with Crippen molar-refractivity contribution in [1.29, 1.82) is 5.26 Å². The Bertz CT molecular complexity index is 604. The molecule has 1 aromatic carbocycles. The molecule has 0 radical (unpaired) electrons. The quantitative estimate of drug-likeness (QED) is 0.846. The van der Waals surface area contributed by atoms with Crippen LogP contribution in [0.3, 0.4) is 0 Å². The number of benzene rings is 1. The number of rotatable bonds is 3. The lowest BCUT2D eigenvalue weighted by molar-refractivity contribution is 0.297. The highest BCUT2D eigenvalue weighted by Crippen LogP contribution is 2.33. The molecule has 0 saturated carbocycles. The molecule has 1 aliphatic rings. The molecule has 1 atom stereocenters. The van der Waals surface area contributed by atoms with Crippen LogP contribution in [0.25, 0.3) is 0 Å². The Hall–Kier alpha value is -1.74. The summed E-state index contributed by atoms with van der Waals surface area (Å²) in [5, 5.41) is 7.89. The van der Waals surface area contributed by atoms with Crippen LogP contribution in [0.1, 0.15) is 19.8 Å². The van der Waals surface area contributed by atoms with Gasteiger partial charge in [-0.05, 0) is 18.6 Å². The van der Waals surface area contributed by atoms with Gasteiger partial charge < -0.3 is 9.47 Å². The van der Waals surface area contributed by atoms with Crippen molar-refractivity contribution in [3.8, 4) is 17.6 Å². The third-order valence-electron chi connectivity index (χ3n) is 2.94. The lowest BCUT2D eigenvalue weighted by Gasteiger charge is -2.12. The van der Waals surface area contributed by atoms with Crippen LogP contribution in [0, 0.1) is 11.3 Å². The van der Waals surface area contributed by atoms with E-state index in [4.69, 9.17) is 14.7 Å². The van der Waals surface area contributed by atoms with Gasteiger partial charge in [-0.3, -0.25) is 0 Å². The Balaban J connectivity index is 2.42. The fourth-order valence-electron chi connectivity index (χ4n) is 1.86. The average Bonchev–Trinajstić information content (AvgIpc) is 2.64. The molecule has 1 aromatic rings. The Morgan fingerprint density at radius 1 is 1.32 bits per heavy atom. The second-order valence-corrected chi connectivity index (χ2v) is 6.36. The van der Waals surface area contributed by atoms with E-state index in [-0.39, 0.29) is 11.3 Å². The fourth-order valence-corrected chi connectivity index (χ4v) is 3.30. The van der Waals surface area contributed by atoms with E-state index in [1.807, 2.05) is 6.07 Å². The van der Waals surface area contributed by atoms with Crippen molar-refractivity contribution < 1.29 is 17.9 Å². The third-order valence-corrected chi connectivity index (χ3v) is 5.04. The molecule has 1 unspecified atom stereocenters. The number of hydrogen-bond donors (Lipinski definition) is 0. The number of hydrogen-bond acceptors (Lipinski definition) is 5. The molecule has 102 valence electrons. The van der Waals surface area contributed by atoms with Gasteiger partial charge in [-0.15, -0.1) is 0 Å². The lowest BCUT2D eigenvalue weighted by atomic mass is 10.3. The molecule has 0 aliphatic carbocycles. The molecule has 19 heavy (non-hydrogen) atoms. The van der Waals surface area contributed by atoms with Crippen LogP contribution in [0.4, 0.5) is 0 Å². The summed E-state index contributed by atoms with van der Waals surface area (Å²) >= 11 is 0. The van der Waals surface area contributed by atoms with E-state index in [0.717, 1.165) is 6.42 Å². The highest BCUT2D eigenvalue weighted by atomic mass is 32.2. The van der Waals surface area contributed by atoms with Gasteiger partial charge in [0.1, 0.15) is 0 Å². The first-order valence-corrected chi connectivity index (χ1v) is 7.67. The Morgan fingerprint density at radius 2 is 2.00 bits per heavy atom. The molecule has 1 aliphatic heterocycles. The van der Waals surface area contributed by atoms with Crippen LogP contribution < -0.4 is 9.47 Å². The van der Waals surface area contributed by atoms with E-state index in [9.17, 15) is 8.42 Å². The Kier molecular flexibility index (Phi) is 3.96. The summed E-state index contributed by atoms with van der Waals surface area (Å²) in [4.78, 5) is 0.102. The molecule has 5 nitrogen and oxygen atoms in total. The van der Waals surface area contributed by atoms with E-state index < -0.39 is 15.1 Å². The van der Waals surface area contributed by atoms with Gasteiger partial charge in [0, 0.05) is 12.5 Å². The standard InChI is InChI=1S/C13H15NO4S/c1-2-10(9-14)19(15,16)11-4-5-12-13(8-11)18-7-3-6-17-12/h4-5,8,10H,2-3,6-7H2,1H3. The van der Waals surface area contributed by atoms with E-state index in [2.05, 4.69) is 0 Å². The maximum Gasteiger partial charge on any atom is 0.194 e. The summed E-state index contributed by atoms with van der Waals surface area (Å²) in [5.74, 6) is 0.966. The number of sulfone groups is 1. The first kappa shape index (κ1) is 13.7. The normalized spacial score (nSPS) is 16.2. The number of nitriles is 1. The predicted octanol–water partition coefficient (Wildman–Crippen LogP) is 1.92. The molecule has 1 heterocycles. The highest BCUT2D eigenvalue weighted by Gasteiger charge is 2.27. The fraction of sp³-hybridized carbons (Fsp3) is 0.462. The minimum Gasteiger partial charge on any atom is -0.490 e. The molecule has 0 aromatic heterocycles. The molecule has 6 heteroatoms. The average molecular weight is 281 g/mol. The molecular formula is C13H15NO4S. The number of fused-ring (bicyclic) bond motifs is 1. The van der Waals surface area contributed by atoms with Crippen LogP contribution in [-0.4, -0.2) is 26.9 Å². The lowest BCUT2D eigenvalue weighted by Crippen LogP contribution is -2.18. The number of nitrogens with zero attached hydrogens (tertiary/aromatic N) is 1. The van der Waals surface area contributed by atoms with Gasteiger partial charge in [-0.1, -0.05) is 6.92 Å². The van der Waals surface area contributed by atoms with Gasteiger partial charge in [0.05, 0.1) is 24.2 Å². The summed E-state index contributed by atoms with van der Waals surface area (Å²) in [6.45, 7) is 2.72. The first-order chi connectivity index (χ1) is 9.09. The molecule has 0 N–H and O–H groups in total. The van der Waals surface area contributed by atoms with Gasteiger partial charge in [-0.25, -0.2) is 8.42 Å². The second-order valence-electron chi connectivity index (χ2n) is 4.23. The maximum atomic E-state index is 12.2. The SMILES string of the molecule is CCC(C#N)S(=O)(=O)c1ccc2c(c1)OCCCO2. The topological polar surface area (TPSA) is 76.4 Å². The zero-order valence-corrected chi connectivity index (χ0v) is 11.4. The largest absolute Gasteiger partial charge is 0.490 e.